The van der Waals surface area contributed by atoms with Crippen LogP contribution in [0.3, 0.4) is 0 Å². The molecule has 0 radical (unpaired) electrons. The van der Waals surface area contributed by atoms with Crippen molar-refractivity contribution >= 4 is 5.91 Å². The lowest BCUT2D eigenvalue weighted by molar-refractivity contribution is -0.131. The van der Waals surface area contributed by atoms with Crippen LogP contribution in [0.1, 0.15) is 32.5 Å². The Labute approximate surface area is 125 Å². The summed E-state index contributed by atoms with van der Waals surface area (Å²) in [4.78, 5) is 14.3. The van der Waals surface area contributed by atoms with Crippen molar-refractivity contribution < 1.29 is 13.9 Å². The van der Waals surface area contributed by atoms with Gasteiger partial charge in [0, 0.05) is 13.2 Å². The van der Waals surface area contributed by atoms with E-state index in [1.54, 1.807) is 17.0 Å². The number of hydrogen-bond acceptors (Lipinski definition) is 3. The second-order valence-electron chi connectivity index (χ2n) is 5.57. The minimum Gasteiger partial charge on any atom is -0.380 e. The van der Waals surface area contributed by atoms with Crippen molar-refractivity contribution in [3.63, 3.8) is 0 Å². The lowest BCUT2D eigenvalue weighted by Crippen LogP contribution is -2.35. The third-order valence-corrected chi connectivity index (χ3v) is 3.73. The average Bonchev–Trinajstić information content (AvgIpc) is 2.78. The summed E-state index contributed by atoms with van der Waals surface area (Å²) in [5, 5.41) is 3.35. The number of carbonyl (C=O) groups excluding carboxylic acids is 1. The summed E-state index contributed by atoms with van der Waals surface area (Å²) in [6, 6.07) is 6.07. The average molecular weight is 294 g/mol. The van der Waals surface area contributed by atoms with Gasteiger partial charge in [-0.25, -0.2) is 4.39 Å². The normalized spacial score (nSPS) is 22.3. The monoisotopic (exact) mass is 294 g/mol. The molecule has 5 heteroatoms. The van der Waals surface area contributed by atoms with E-state index in [2.05, 4.69) is 5.32 Å². The molecule has 0 saturated carbocycles. The number of ether oxygens (including phenoxy) is 1. The Kier molecular flexibility index (Phi) is 5.31. The largest absolute Gasteiger partial charge is 0.380 e. The van der Waals surface area contributed by atoms with E-state index in [0.717, 1.165) is 5.56 Å². The molecule has 1 N–H and O–H groups in total. The van der Waals surface area contributed by atoms with Crippen LogP contribution in [-0.4, -0.2) is 36.6 Å². The van der Waals surface area contributed by atoms with E-state index >= 15 is 0 Å². The van der Waals surface area contributed by atoms with Gasteiger partial charge in [0.05, 0.1) is 12.6 Å². The molecule has 4 nitrogen and oxygen atoms in total. The fourth-order valence-corrected chi connectivity index (χ4v) is 2.58. The van der Waals surface area contributed by atoms with Crippen LogP contribution in [0.25, 0.3) is 0 Å². The molecule has 0 bridgehead atoms. The molecule has 2 unspecified atom stereocenters. The minimum atomic E-state index is -0.274. The van der Waals surface area contributed by atoms with Gasteiger partial charge in [0.15, 0.2) is 0 Å². The first-order valence-corrected chi connectivity index (χ1v) is 7.44. The number of amides is 1. The first kappa shape index (κ1) is 15.9. The zero-order valence-electron chi connectivity index (χ0n) is 12.8. The van der Waals surface area contributed by atoms with Crippen LogP contribution in [-0.2, 0) is 9.53 Å². The number of nitrogens with zero attached hydrogens (tertiary/aromatic N) is 1. The van der Waals surface area contributed by atoms with Crippen LogP contribution >= 0.6 is 0 Å². The lowest BCUT2D eigenvalue weighted by atomic mass is 10.1. The zero-order valence-corrected chi connectivity index (χ0v) is 12.8. The Morgan fingerprint density at radius 3 is 2.57 bits per heavy atom. The summed E-state index contributed by atoms with van der Waals surface area (Å²) < 4.78 is 18.4. The third kappa shape index (κ3) is 3.60. The van der Waals surface area contributed by atoms with E-state index in [9.17, 15) is 9.18 Å². The molecule has 1 aliphatic rings. The number of nitrogens with one attached hydrogen (secondary N) is 1. The number of carbonyl (C=O) groups is 1. The Balaban J connectivity index is 2.18. The van der Waals surface area contributed by atoms with Gasteiger partial charge in [-0.3, -0.25) is 10.1 Å². The maximum atomic E-state index is 13.1. The molecule has 116 valence electrons. The first-order chi connectivity index (χ1) is 10.0. The topological polar surface area (TPSA) is 41.6 Å². The minimum absolute atomic E-state index is 0.0824. The van der Waals surface area contributed by atoms with Crippen LogP contribution in [0.4, 0.5) is 4.39 Å². The van der Waals surface area contributed by atoms with E-state index in [4.69, 9.17) is 4.74 Å². The van der Waals surface area contributed by atoms with Gasteiger partial charge in [-0.15, -0.1) is 0 Å². The second-order valence-corrected chi connectivity index (χ2v) is 5.57. The summed E-state index contributed by atoms with van der Waals surface area (Å²) in [7, 11) is 0. The predicted molar refractivity (Wildman–Crippen MR) is 79.1 cm³/mol. The number of hydrogen-bond donors (Lipinski definition) is 1. The Hall–Kier alpha value is -1.46. The molecular weight excluding hydrogens is 271 g/mol. The fourth-order valence-electron chi connectivity index (χ4n) is 2.58. The molecule has 0 spiro atoms. The first-order valence-electron chi connectivity index (χ1n) is 7.44. The number of halogens is 1. The number of benzene rings is 1. The zero-order chi connectivity index (χ0) is 15.4. The highest BCUT2D eigenvalue weighted by Crippen LogP contribution is 2.27. The van der Waals surface area contributed by atoms with E-state index in [0.29, 0.717) is 19.8 Å². The predicted octanol–water partition coefficient (Wildman–Crippen LogP) is 2.32. The van der Waals surface area contributed by atoms with Gasteiger partial charge < -0.3 is 9.64 Å². The molecule has 1 aliphatic heterocycles. The van der Waals surface area contributed by atoms with E-state index in [-0.39, 0.29) is 29.8 Å². The quantitative estimate of drug-likeness (QED) is 0.819. The van der Waals surface area contributed by atoms with Crippen LogP contribution in [0, 0.1) is 11.7 Å². The molecule has 1 aromatic rings. The smallest absolute Gasteiger partial charge is 0.241 e. The van der Waals surface area contributed by atoms with Gasteiger partial charge in [-0.05, 0) is 30.5 Å². The van der Waals surface area contributed by atoms with Gasteiger partial charge in [-0.2, -0.15) is 0 Å². The van der Waals surface area contributed by atoms with Gasteiger partial charge in [0.2, 0.25) is 5.91 Å². The molecule has 0 aliphatic carbocycles. The standard InChI is InChI=1S/C16H23FN2O2/c1-4-21-10-9-19-15(12-5-7-13(17)8-6-12)18-14(11(2)3)16(19)20/h5-8,11,14-15,18H,4,9-10H2,1-3H3. The van der Waals surface area contributed by atoms with Crippen molar-refractivity contribution in [3.8, 4) is 0 Å². The van der Waals surface area contributed by atoms with Gasteiger partial charge in [0.1, 0.15) is 12.0 Å². The van der Waals surface area contributed by atoms with Crippen molar-refractivity contribution in [2.24, 2.45) is 5.92 Å². The van der Waals surface area contributed by atoms with E-state index in [1.165, 1.54) is 12.1 Å². The molecule has 1 saturated heterocycles. The summed E-state index contributed by atoms with van der Waals surface area (Å²) in [6.45, 7) is 7.63. The molecule has 1 fully saturated rings. The van der Waals surface area contributed by atoms with Gasteiger partial charge >= 0.3 is 0 Å². The van der Waals surface area contributed by atoms with Crippen molar-refractivity contribution in [3.05, 3.63) is 35.6 Å². The lowest BCUT2D eigenvalue weighted by Gasteiger charge is -2.24. The molecular formula is C16H23FN2O2. The van der Waals surface area contributed by atoms with Gasteiger partial charge in [0.25, 0.3) is 0 Å². The van der Waals surface area contributed by atoms with Crippen LogP contribution in [0.2, 0.25) is 0 Å². The molecule has 1 amide bonds. The number of rotatable bonds is 6. The molecule has 2 rings (SSSR count). The Morgan fingerprint density at radius 1 is 1.33 bits per heavy atom. The van der Waals surface area contributed by atoms with Crippen LogP contribution in [0.5, 0.6) is 0 Å². The summed E-state index contributed by atoms with van der Waals surface area (Å²) in [5.41, 5.74) is 0.893. The van der Waals surface area contributed by atoms with Crippen LogP contribution < -0.4 is 5.32 Å². The fraction of sp³-hybridized carbons (Fsp3) is 0.562. The Bertz CT molecular complexity index is 476. The SMILES string of the molecule is CCOCCN1C(=O)C(C(C)C)NC1c1ccc(F)cc1. The molecule has 1 heterocycles. The summed E-state index contributed by atoms with van der Waals surface area (Å²) in [6.07, 6.45) is -0.217. The summed E-state index contributed by atoms with van der Waals surface area (Å²) >= 11 is 0. The van der Waals surface area contributed by atoms with Gasteiger partial charge in [-0.1, -0.05) is 26.0 Å². The molecule has 2 atom stereocenters. The summed E-state index contributed by atoms with van der Waals surface area (Å²) in [5.74, 6) is 0.0147. The highest BCUT2D eigenvalue weighted by molar-refractivity contribution is 5.84. The molecule has 0 aromatic heterocycles. The highest BCUT2D eigenvalue weighted by atomic mass is 19.1. The van der Waals surface area contributed by atoms with E-state index < -0.39 is 0 Å². The maximum absolute atomic E-state index is 13.1. The van der Waals surface area contributed by atoms with Crippen LogP contribution in [0.15, 0.2) is 24.3 Å². The highest BCUT2D eigenvalue weighted by Gasteiger charge is 2.40. The van der Waals surface area contributed by atoms with Crippen molar-refractivity contribution in [1.82, 2.24) is 10.2 Å². The third-order valence-electron chi connectivity index (χ3n) is 3.73. The molecule has 1 aromatic carbocycles. The molecule has 21 heavy (non-hydrogen) atoms. The second kappa shape index (κ2) is 7.00. The Morgan fingerprint density at radius 2 is 2.00 bits per heavy atom. The van der Waals surface area contributed by atoms with Crippen molar-refractivity contribution in [1.29, 1.82) is 0 Å². The van der Waals surface area contributed by atoms with Crippen molar-refractivity contribution in [2.45, 2.75) is 33.0 Å². The van der Waals surface area contributed by atoms with Crippen molar-refractivity contribution in [2.75, 3.05) is 19.8 Å². The van der Waals surface area contributed by atoms with E-state index in [1.807, 2.05) is 20.8 Å². The maximum Gasteiger partial charge on any atom is 0.241 e.